The predicted molar refractivity (Wildman–Crippen MR) is 52.5 cm³/mol. The minimum atomic E-state index is -0.359. The van der Waals surface area contributed by atoms with E-state index in [-0.39, 0.29) is 24.3 Å². The van der Waals surface area contributed by atoms with Crippen molar-refractivity contribution in [2.24, 2.45) is 5.73 Å². The monoisotopic (exact) mass is 199 g/mol. The molecule has 2 amide bonds. The van der Waals surface area contributed by atoms with Crippen LogP contribution in [0, 0.1) is 0 Å². The summed E-state index contributed by atoms with van der Waals surface area (Å²) in [4.78, 5) is 24.0. The number of carbonyl (C=O) groups is 2. The molecule has 0 spiro atoms. The van der Waals surface area contributed by atoms with Gasteiger partial charge in [0.25, 0.3) is 0 Å². The highest BCUT2D eigenvalue weighted by molar-refractivity contribution is 5.79. The van der Waals surface area contributed by atoms with Crippen molar-refractivity contribution in [1.29, 1.82) is 0 Å². The quantitative estimate of drug-likeness (QED) is 0.616. The van der Waals surface area contributed by atoms with Crippen molar-refractivity contribution in [3.63, 3.8) is 0 Å². The molecule has 0 bridgehead atoms. The molecule has 0 radical (unpaired) electrons. The first-order chi connectivity index (χ1) is 6.61. The summed E-state index contributed by atoms with van der Waals surface area (Å²) in [5, 5.41) is 3.14. The van der Waals surface area contributed by atoms with E-state index in [2.05, 4.69) is 5.32 Å². The van der Waals surface area contributed by atoms with Crippen LogP contribution in [0.1, 0.15) is 19.8 Å². The molecular weight excluding hydrogens is 182 g/mol. The molecule has 1 unspecified atom stereocenters. The Morgan fingerprint density at radius 1 is 1.64 bits per heavy atom. The zero-order valence-corrected chi connectivity index (χ0v) is 8.45. The lowest BCUT2D eigenvalue weighted by atomic mass is 10.2. The molecule has 1 heterocycles. The number of hydrogen-bond donors (Lipinski definition) is 2. The van der Waals surface area contributed by atoms with E-state index < -0.39 is 0 Å². The maximum atomic E-state index is 11.6. The van der Waals surface area contributed by atoms with Crippen LogP contribution in [0.4, 0.5) is 0 Å². The Labute approximate surface area is 83.6 Å². The number of amides is 2. The number of nitrogens with zero attached hydrogens (tertiary/aromatic N) is 1. The second-order valence-corrected chi connectivity index (χ2v) is 3.61. The fourth-order valence-corrected chi connectivity index (χ4v) is 1.66. The highest BCUT2D eigenvalue weighted by Gasteiger charge is 2.22. The van der Waals surface area contributed by atoms with Gasteiger partial charge >= 0.3 is 0 Å². The van der Waals surface area contributed by atoms with Crippen molar-refractivity contribution in [3.05, 3.63) is 0 Å². The molecule has 3 N–H and O–H groups in total. The second kappa shape index (κ2) is 4.95. The molecule has 1 saturated heterocycles. The van der Waals surface area contributed by atoms with Gasteiger partial charge in [0.1, 0.15) is 0 Å². The van der Waals surface area contributed by atoms with Crippen LogP contribution in [0.15, 0.2) is 0 Å². The van der Waals surface area contributed by atoms with Crippen LogP contribution in [0.2, 0.25) is 0 Å². The van der Waals surface area contributed by atoms with Gasteiger partial charge in [-0.05, 0) is 6.92 Å². The lowest BCUT2D eigenvalue weighted by Gasteiger charge is -2.26. The number of hydrogen-bond acceptors (Lipinski definition) is 3. The van der Waals surface area contributed by atoms with Gasteiger partial charge in [-0.15, -0.1) is 0 Å². The van der Waals surface area contributed by atoms with Crippen LogP contribution in [-0.4, -0.2) is 42.4 Å². The summed E-state index contributed by atoms with van der Waals surface area (Å²) in [7, 11) is 0. The zero-order chi connectivity index (χ0) is 10.6. The molecule has 0 saturated carbocycles. The molecule has 14 heavy (non-hydrogen) atoms. The molecule has 1 aliphatic rings. The maximum absolute atomic E-state index is 11.6. The highest BCUT2D eigenvalue weighted by atomic mass is 16.2. The Bertz CT molecular complexity index is 230. The first kappa shape index (κ1) is 11.0. The summed E-state index contributed by atoms with van der Waals surface area (Å²) in [6.45, 7) is 4.02. The van der Waals surface area contributed by atoms with E-state index in [4.69, 9.17) is 5.73 Å². The molecule has 1 atom stereocenters. The van der Waals surface area contributed by atoms with Gasteiger partial charge in [0.05, 0.1) is 0 Å². The lowest BCUT2D eigenvalue weighted by Crippen LogP contribution is -2.41. The van der Waals surface area contributed by atoms with E-state index in [9.17, 15) is 9.59 Å². The summed E-state index contributed by atoms with van der Waals surface area (Å²) < 4.78 is 0. The Hall–Kier alpha value is -1.10. The van der Waals surface area contributed by atoms with Gasteiger partial charge < -0.3 is 16.0 Å². The summed E-state index contributed by atoms with van der Waals surface area (Å²) in [5.41, 5.74) is 5.09. The fraction of sp³-hybridized carbons (Fsp3) is 0.778. The number of nitrogens with two attached hydrogens (primary N) is 1. The molecule has 0 aromatic carbocycles. The summed E-state index contributed by atoms with van der Waals surface area (Å²) in [5.74, 6) is -0.258. The van der Waals surface area contributed by atoms with E-state index >= 15 is 0 Å². The average molecular weight is 199 g/mol. The van der Waals surface area contributed by atoms with Gasteiger partial charge in [-0.25, -0.2) is 0 Å². The zero-order valence-electron chi connectivity index (χ0n) is 8.45. The largest absolute Gasteiger partial charge is 0.370 e. The lowest BCUT2D eigenvalue weighted by molar-refractivity contribution is -0.133. The average Bonchev–Trinajstić information content (AvgIpc) is 2.28. The fourth-order valence-electron chi connectivity index (χ4n) is 1.66. The standard InChI is InChI=1S/C9H17N3O2/c1-7(6-8(10)13)12-5-4-11-3-2-9(12)14/h7,11H,2-6H2,1H3,(H2,10,13). The van der Waals surface area contributed by atoms with Crippen molar-refractivity contribution in [2.75, 3.05) is 19.6 Å². The number of nitrogens with one attached hydrogen (secondary N) is 1. The smallest absolute Gasteiger partial charge is 0.224 e. The van der Waals surface area contributed by atoms with Gasteiger partial charge in [-0.3, -0.25) is 9.59 Å². The van der Waals surface area contributed by atoms with Crippen LogP contribution < -0.4 is 11.1 Å². The molecule has 1 aliphatic heterocycles. The summed E-state index contributed by atoms with van der Waals surface area (Å²) >= 11 is 0. The summed E-state index contributed by atoms with van der Waals surface area (Å²) in [6.07, 6.45) is 0.745. The first-order valence-electron chi connectivity index (χ1n) is 4.89. The normalized spacial score (nSPS) is 20.4. The van der Waals surface area contributed by atoms with Crippen LogP contribution in [-0.2, 0) is 9.59 Å². The highest BCUT2D eigenvalue weighted by Crippen LogP contribution is 2.07. The topological polar surface area (TPSA) is 75.4 Å². The Morgan fingerprint density at radius 2 is 2.36 bits per heavy atom. The minimum absolute atomic E-state index is 0.0834. The van der Waals surface area contributed by atoms with Gasteiger partial charge in [0, 0.05) is 38.5 Å². The first-order valence-corrected chi connectivity index (χ1v) is 4.89. The molecule has 5 nitrogen and oxygen atoms in total. The molecule has 80 valence electrons. The SMILES string of the molecule is CC(CC(N)=O)N1CCNCCC1=O. The third-order valence-corrected chi connectivity index (χ3v) is 2.39. The van der Waals surface area contributed by atoms with Crippen molar-refractivity contribution in [1.82, 2.24) is 10.2 Å². The van der Waals surface area contributed by atoms with Crippen LogP contribution in [0.3, 0.4) is 0 Å². The van der Waals surface area contributed by atoms with E-state index in [1.807, 2.05) is 6.92 Å². The minimum Gasteiger partial charge on any atom is -0.370 e. The van der Waals surface area contributed by atoms with Crippen molar-refractivity contribution < 1.29 is 9.59 Å². The number of primary amides is 1. The third-order valence-electron chi connectivity index (χ3n) is 2.39. The Morgan fingerprint density at radius 3 is 3.00 bits per heavy atom. The van der Waals surface area contributed by atoms with E-state index in [0.717, 1.165) is 13.1 Å². The number of carbonyl (C=O) groups excluding carboxylic acids is 2. The van der Waals surface area contributed by atoms with Gasteiger partial charge in [-0.1, -0.05) is 0 Å². The Balaban J connectivity index is 2.54. The molecule has 0 aliphatic carbocycles. The van der Waals surface area contributed by atoms with E-state index in [1.165, 1.54) is 0 Å². The third kappa shape index (κ3) is 2.99. The van der Waals surface area contributed by atoms with Gasteiger partial charge in [0.2, 0.25) is 11.8 Å². The molecule has 5 heteroatoms. The van der Waals surface area contributed by atoms with Crippen molar-refractivity contribution in [2.45, 2.75) is 25.8 Å². The molecule has 1 fully saturated rings. The van der Waals surface area contributed by atoms with Crippen LogP contribution in [0.5, 0.6) is 0 Å². The van der Waals surface area contributed by atoms with Gasteiger partial charge in [0.15, 0.2) is 0 Å². The van der Waals surface area contributed by atoms with Crippen molar-refractivity contribution in [3.8, 4) is 0 Å². The van der Waals surface area contributed by atoms with Gasteiger partial charge in [-0.2, -0.15) is 0 Å². The molecule has 1 rings (SSSR count). The summed E-state index contributed by atoms with van der Waals surface area (Å²) in [6, 6.07) is -0.0834. The van der Waals surface area contributed by atoms with E-state index in [1.54, 1.807) is 4.90 Å². The number of rotatable bonds is 3. The maximum Gasteiger partial charge on any atom is 0.224 e. The van der Waals surface area contributed by atoms with Crippen molar-refractivity contribution >= 4 is 11.8 Å². The van der Waals surface area contributed by atoms with Crippen LogP contribution >= 0.6 is 0 Å². The second-order valence-electron chi connectivity index (χ2n) is 3.61. The Kier molecular flexibility index (Phi) is 3.88. The molecule has 0 aromatic heterocycles. The van der Waals surface area contributed by atoms with Crippen LogP contribution in [0.25, 0.3) is 0 Å². The molecular formula is C9H17N3O2. The van der Waals surface area contributed by atoms with E-state index in [0.29, 0.717) is 13.0 Å². The predicted octanol–water partition coefficient (Wildman–Crippen LogP) is -0.928. The molecule has 0 aromatic rings.